The highest BCUT2D eigenvalue weighted by atomic mass is 35.5. The van der Waals surface area contributed by atoms with Crippen molar-refractivity contribution in [1.82, 2.24) is 10.3 Å². The molecule has 0 saturated carbocycles. The molecule has 0 atom stereocenters. The number of amides is 2. The maximum atomic E-state index is 12.7. The second-order valence-electron chi connectivity index (χ2n) is 7.93. The number of rotatable bonds is 3. The van der Waals surface area contributed by atoms with Gasteiger partial charge in [0.1, 0.15) is 10.6 Å². The van der Waals surface area contributed by atoms with E-state index in [1.807, 2.05) is 36.4 Å². The fourth-order valence-electron chi connectivity index (χ4n) is 3.59. The van der Waals surface area contributed by atoms with Crippen LogP contribution < -0.4 is 10.9 Å². The number of nitrogens with one attached hydrogen (secondary N) is 1. The predicted octanol–water partition coefficient (Wildman–Crippen LogP) is 6.83. The van der Waals surface area contributed by atoms with Gasteiger partial charge < -0.3 is 4.42 Å². The number of thiazole rings is 1. The number of carbonyl (C=O) groups excluding carboxylic acids is 2. The first-order valence-corrected chi connectivity index (χ1v) is 12.1. The molecule has 3 aromatic carbocycles. The topological polar surface area (TPSA) is 84.6 Å². The van der Waals surface area contributed by atoms with Gasteiger partial charge in [-0.05, 0) is 67.1 Å². The maximum Gasteiger partial charge on any atom is 0.263 e. The summed E-state index contributed by atoms with van der Waals surface area (Å²) in [6.07, 6.45) is 0. The molecule has 0 unspecified atom stereocenters. The smallest absolute Gasteiger partial charge is 0.263 e. The molecule has 0 spiro atoms. The van der Waals surface area contributed by atoms with Crippen LogP contribution in [0.3, 0.4) is 0 Å². The van der Waals surface area contributed by atoms with Gasteiger partial charge in [0, 0.05) is 22.9 Å². The first kappa shape index (κ1) is 23.2. The van der Waals surface area contributed by atoms with Gasteiger partial charge in [0.15, 0.2) is 5.58 Å². The second kappa shape index (κ2) is 9.26. The summed E-state index contributed by atoms with van der Waals surface area (Å²) in [6.45, 7) is 3.31. The number of hydrogen-bond acceptors (Lipinski definition) is 6. The van der Waals surface area contributed by atoms with Crippen molar-refractivity contribution < 1.29 is 14.0 Å². The minimum atomic E-state index is -0.639. The largest absolute Gasteiger partial charge is 0.436 e. The van der Waals surface area contributed by atoms with Crippen LogP contribution in [0, 0.1) is 6.92 Å². The van der Waals surface area contributed by atoms with E-state index < -0.39 is 11.8 Å². The summed E-state index contributed by atoms with van der Waals surface area (Å²) >= 11 is 14.0. The van der Waals surface area contributed by atoms with Crippen LogP contribution in [-0.4, -0.2) is 16.8 Å². The molecular weight excluding hydrogens is 505 g/mol. The number of halogens is 2. The Morgan fingerprint density at radius 2 is 1.80 bits per heavy atom. The van der Waals surface area contributed by atoms with Crippen molar-refractivity contribution in [3.63, 3.8) is 0 Å². The van der Waals surface area contributed by atoms with Crippen LogP contribution >= 0.6 is 34.5 Å². The van der Waals surface area contributed by atoms with E-state index in [2.05, 4.69) is 23.3 Å². The van der Waals surface area contributed by atoms with E-state index in [0.29, 0.717) is 21.7 Å². The molecule has 2 amide bonds. The number of benzene rings is 3. The van der Waals surface area contributed by atoms with E-state index in [4.69, 9.17) is 32.6 Å². The Kier molecular flexibility index (Phi) is 6.15. The molecule has 0 aliphatic rings. The highest BCUT2D eigenvalue weighted by molar-refractivity contribution is 7.21. The van der Waals surface area contributed by atoms with Gasteiger partial charge in [0.05, 0.1) is 20.9 Å². The third-order valence-electron chi connectivity index (χ3n) is 5.19. The zero-order valence-electron chi connectivity index (χ0n) is 18.6. The zero-order valence-corrected chi connectivity index (χ0v) is 20.9. The second-order valence-corrected chi connectivity index (χ2v) is 9.80. The standard InChI is InChI=1S/C26H17Cl2N3O3S/c1-13-3-8-21-22(9-13)35-26(31-21)15-4-6-18(7-5-15)30-25-19(24(33)29-14(2)32)11-16-10-17(27)12-20(28)23(16)34-25/h3-12H,1-2H3,(H,29,32,33). The highest BCUT2D eigenvalue weighted by Crippen LogP contribution is 2.32. The van der Waals surface area contributed by atoms with Crippen LogP contribution in [0.2, 0.25) is 10.0 Å². The average molecular weight is 522 g/mol. The summed E-state index contributed by atoms with van der Waals surface area (Å²) in [5.74, 6) is -1.14. The third-order valence-corrected chi connectivity index (χ3v) is 6.76. The monoisotopic (exact) mass is 521 g/mol. The lowest BCUT2D eigenvalue weighted by molar-refractivity contribution is -0.118. The van der Waals surface area contributed by atoms with Gasteiger partial charge in [0.2, 0.25) is 11.5 Å². The highest BCUT2D eigenvalue weighted by Gasteiger charge is 2.16. The average Bonchev–Trinajstić information content (AvgIpc) is 3.22. The van der Waals surface area contributed by atoms with Crippen LogP contribution in [0.1, 0.15) is 22.8 Å². The van der Waals surface area contributed by atoms with E-state index in [-0.39, 0.29) is 16.1 Å². The Hall–Kier alpha value is -3.52. The van der Waals surface area contributed by atoms with Crippen molar-refractivity contribution in [3.05, 3.63) is 87.4 Å². The molecule has 2 aromatic heterocycles. The molecule has 5 aromatic rings. The summed E-state index contributed by atoms with van der Waals surface area (Å²) in [5.41, 5.74) is 4.07. The van der Waals surface area contributed by atoms with Gasteiger partial charge in [-0.25, -0.2) is 9.98 Å². The van der Waals surface area contributed by atoms with Crippen LogP contribution in [0.4, 0.5) is 5.69 Å². The summed E-state index contributed by atoms with van der Waals surface area (Å²) < 4.78 is 7.04. The van der Waals surface area contributed by atoms with Crippen molar-refractivity contribution in [2.24, 2.45) is 4.99 Å². The van der Waals surface area contributed by atoms with Crippen LogP contribution in [0.5, 0.6) is 0 Å². The molecule has 0 fully saturated rings. The molecule has 1 N–H and O–H groups in total. The molecule has 0 aliphatic carbocycles. The Labute approximate surface area is 213 Å². The molecule has 2 heterocycles. The quantitative estimate of drug-likeness (QED) is 0.281. The first-order chi connectivity index (χ1) is 16.8. The Morgan fingerprint density at radius 3 is 2.54 bits per heavy atom. The number of hydrogen-bond donors (Lipinski definition) is 1. The number of aryl methyl sites for hydroxylation is 1. The molecular formula is C26H17Cl2N3O3S. The SMILES string of the molecule is CC(=O)NC(=O)c1cc2cc(Cl)cc(Cl)c2oc1=Nc1ccc(-c2nc3ccc(C)cc3s2)cc1. The summed E-state index contributed by atoms with van der Waals surface area (Å²) in [6, 6.07) is 18.3. The van der Waals surface area contributed by atoms with Gasteiger partial charge in [-0.3, -0.25) is 14.9 Å². The van der Waals surface area contributed by atoms with Gasteiger partial charge in [-0.1, -0.05) is 29.3 Å². The molecule has 6 nitrogen and oxygen atoms in total. The summed E-state index contributed by atoms with van der Waals surface area (Å²) in [4.78, 5) is 33.4. The fraction of sp³-hybridized carbons (Fsp3) is 0.0769. The molecule has 0 aliphatic heterocycles. The normalized spacial score (nSPS) is 11.8. The van der Waals surface area contributed by atoms with E-state index in [1.165, 1.54) is 12.5 Å². The van der Waals surface area contributed by atoms with Gasteiger partial charge in [-0.2, -0.15) is 0 Å². The minimum absolute atomic E-state index is 0.0173. The van der Waals surface area contributed by atoms with E-state index in [0.717, 1.165) is 20.8 Å². The van der Waals surface area contributed by atoms with Crippen molar-refractivity contribution in [2.45, 2.75) is 13.8 Å². The van der Waals surface area contributed by atoms with E-state index >= 15 is 0 Å². The lowest BCUT2D eigenvalue weighted by Gasteiger charge is -2.06. The lowest BCUT2D eigenvalue weighted by Crippen LogP contribution is -2.32. The van der Waals surface area contributed by atoms with Gasteiger partial charge in [-0.15, -0.1) is 11.3 Å². The molecule has 5 rings (SSSR count). The molecule has 0 radical (unpaired) electrons. The third kappa shape index (κ3) is 4.84. The fourth-order valence-corrected chi connectivity index (χ4v) is 5.21. The van der Waals surface area contributed by atoms with Crippen LogP contribution in [0.15, 0.2) is 70.1 Å². The van der Waals surface area contributed by atoms with Crippen molar-refractivity contribution >= 4 is 73.2 Å². The maximum absolute atomic E-state index is 12.7. The summed E-state index contributed by atoms with van der Waals surface area (Å²) in [5, 5.41) is 4.34. The van der Waals surface area contributed by atoms with Crippen molar-refractivity contribution in [3.8, 4) is 10.6 Å². The van der Waals surface area contributed by atoms with E-state index in [1.54, 1.807) is 29.5 Å². The summed E-state index contributed by atoms with van der Waals surface area (Å²) in [7, 11) is 0. The Bertz CT molecular complexity index is 1710. The lowest BCUT2D eigenvalue weighted by atomic mass is 10.1. The zero-order chi connectivity index (χ0) is 24.7. The molecule has 0 bridgehead atoms. The Morgan fingerprint density at radius 1 is 1.03 bits per heavy atom. The molecule has 0 saturated heterocycles. The van der Waals surface area contributed by atoms with Crippen LogP contribution in [-0.2, 0) is 4.79 Å². The predicted molar refractivity (Wildman–Crippen MR) is 139 cm³/mol. The first-order valence-electron chi connectivity index (χ1n) is 10.5. The van der Waals surface area contributed by atoms with Gasteiger partial charge in [0.25, 0.3) is 5.91 Å². The molecule has 174 valence electrons. The van der Waals surface area contributed by atoms with Crippen molar-refractivity contribution in [2.75, 3.05) is 0 Å². The minimum Gasteiger partial charge on any atom is -0.436 e. The van der Waals surface area contributed by atoms with Gasteiger partial charge >= 0.3 is 0 Å². The number of imide groups is 1. The van der Waals surface area contributed by atoms with Crippen molar-refractivity contribution in [1.29, 1.82) is 0 Å². The van der Waals surface area contributed by atoms with Crippen LogP contribution in [0.25, 0.3) is 31.8 Å². The number of fused-ring (bicyclic) bond motifs is 2. The number of aromatic nitrogens is 1. The Balaban J connectivity index is 1.59. The number of carbonyl (C=O) groups is 2. The van der Waals surface area contributed by atoms with E-state index in [9.17, 15) is 9.59 Å². The number of nitrogens with zero attached hydrogens (tertiary/aromatic N) is 2. The molecule has 9 heteroatoms. The molecule has 35 heavy (non-hydrogen) atoms.